The number of aryl methyl sites for hydroxylation is 1. The second kappa shape index (κ2) is 7.17. The molecule has 0 aromatic carbocycles. The van der Waals surface area contributed by atoms with Gasteiger partial charge in [0.1, 0.15) is 17.9 Å². The maximum Gasteiger partial charge on any atom is 0.257 e. The number of rotatable bonds is 5. The van der Waals surface area contributed by atoms with Crippen molar-refractivity contribution in [3.63, 3.8) is 0 Å². The highest BCUT2D eigenvalue weighted by molar-refractivity contribution is 6.10. The van der Waals surface area contributed by atoms with E-state index in [9.17, 15) is 4.79 Å². The van der Waals surface area contributed by atoms with Crippen LogP contribution in [0.2, 0.25) is 0 Å². The van der Waals surface area contributed by atoms with Crippen LogP contribution >= 0.6 is 0 Å². The number of morpholine rings is 1. The van der Waals surface area contributed by atoms with Crippen molar-refractivity contribution in [2.75, 3.05) is 44.8 Å². The maximum atomic E-state index is 12.9. The number of nitrogens with zero attached hydrogens (tertiary/aromatic N) is 4. The van der Waals surface area contributed by atoms with Gasteiger partial charge in [0.05, 0.1) is 24.2 Å². The van der Waals surface area contributed by atoms with Gasteiger partial charge < -0.3 is 19.0 Å². The normalized spacial score (nSPS) is 15.0. The van der Waals surface area contributed by atoms with Crippen LogP contribution in [0.5, 0.6) is 0 Å². The van der Waals surface area contributed by atoms with Gasteiger partial charge >= 0.3 is 0 Å². The average Bonchev–Trinajstić information content (AvgIpc) is 2.95. The summed E-state index contributed by atoms with van der Waals surface area (Å²) in [5.41, 5.74) is 1.04. The van der Waals surface area contributed by atoms with Crippen molar-refractivity contribution >= 4 is 22.8 Å². The SMILES string of the molecule is CCCCN(C)C(=O)c1c(C)oc2ncnc(N3CCOCC3)c12. The van der Waals surface area contributed by atoms with Gasteiger partial charge in [-0.25, -0.2) is 9.97 Å². The van der Waals surface area contributed by atoms with E-state index in [2.05, 4.69) is 21.8 Å². The predicted octanol–water partition coefficient (Wildman–Crippen LogP) is 2.24. The lowest BCUT2D eigenvalue weighted by atomic mass is 10.1. The molecule has 1 fully saturated rings. The molecule has 130 valence electrons. The van der Waals surface area contributed by atoms with E-state index in [1.54, 1.807) is 4.90 Å². The summed E-state index contributed by atoms with van der Waals surface area (Å²) in [5, 5.41) is 0.713. The second-order valence-electron chi connectivity index (χ2n) is 6.09. The molecule has 1 saturated heterocycles. The Morgan fingerprint density at radius 1 is 1.33 bits per heavy atom. The first-order valence-electron chi connectivity index (χ1n) is 8.45. The minimum absolute atomic E-state index is 0.0380. The van der Waals surface area contributed by atoms with E-state index in [0.717, 1.165) is 38.3 Å². The zero-order valence-corrected chi connectivity index (χ0v) is 14.5. The van der Waals surface area contributed by atoms with Gasteiger partial charge in [-0.3, -0.25) is 4.79 Å². The van der Waals surface area contributed by atoms with Crippen LogP contribution in [0, 0.1) is 6.92 Å². The molecule has 3 heterocycles. The van der Waals surface area contributed by atoms with Crippen molar-refractivity contribution in [3.05, 3.63) is 17.7 Å². The Bertz CT molecular complexity index is 722. The smallest absolute Gasteiger partial charge is 0.257 e. The van der Waals surface area contributed by atoms with Gasteiger partial charge in [0, 0.05) is 26.7 Å². The summed E-state index contributed by atoms with van der Waals surface area (Å²) in [4.78, 5) is 25.5. The maximum absolute atomic E-state index is 12.9. The summed E-state index contributed by atoms with van der Waals surface area (Å²) in [5.74, 6) is 1.31. The van der Waals surface area contributed by atoms with Gasteiger partial charge in [-0.05, 0) is 13.3 Å². The number of ether oxygens (including phenoxy) is 1. The fourth-order valence-corrected chi connectivity index (χ4v) is 2.99. The van der Waals surface area contributed by atoms with Crippen LogP contribution in [0.4, 0.5) is 5.82 Å². The zero-order chi connectivity index (χ0) is 17.1. The fraction of sp³-hybridized carbons (Fsp3) is 0.588. The minimum atomic E-state index is -0.0380. The third-order valence-corrected chi connectivity index (χ3v) is 4.36. The minimum Gasteiger partial charge on any atom is -0.442 e. The van der Waals surface area contributed by atoms with Crippen LogP contribution in [0.15, 0.2) is 10.7 Å². The Kier molecular flexibility index (Phi) is 4.99. The quantitative estimate of drug-likeness (QED) is 0.836. The molecular weight excluding hydrogens is 308 g/mol. The Morgan fingerprint density at radius 3 is 2.79 bits per heavy atom. The highest BCUT2D eigenvalue weighted by atomic mass is 16.5. The number of carbonyl (C=O) groups excluding carboxylic acids is 1. The molecule has 7 heteroatoms. The molecule has 7 nitrogen and oxygen atoms in total. The lowest BCUT2D eigenvalue weighted by Crippen LogP contribution is -2.37. The molecule has 0 aliphatic carbocycles. The van der Waals surface area contributed by atoms with Crippen molar-refractivity contribution in [3.8, 4) is 0 Å². The molecule has 1 amide bonds. The Labute approximate surface area is 141 Å². The molecule has 1 aliphatic heterocycles. The summed E-state index contributed by atoms with van der Waals surface area (Å²) >= 11 is 0. The van der Waals surface area contributed by atoms with E-state index in [0.29, 0.717) is 35.6 Å². The molecule has 0 saturated carbocycles. The molecule has 24 heavy (non-hydrogen) atoms. The summed E-state index contributed by atoms with van der Waals surface area (Å²) in [6, 6.07) is 0. The molecule has 0 unspecified atom stereocenters. The number of carbonyl (C=O) groups is 1. The van der Waals surface area contributed by atoms with Gasteiger partial charge in [0.25, 0.3) is 5.91 Å². The van der Waals surface area contributed by atoms with Crippen molar-refractivity contribution in [2.24, 2.45) is 0 Å². The topological polar surface area (TPSA) is 71.7 Å². The fourth-order valence-electron chi connectivity index (χ4n) is 2.99. The van der Waals surface area contributed by atoms with E-state index in [1.807, 2.05) is 14.0 Å². The largest absolute Gasteiger partial charge is 0.442 e. The first kappa shape index (κ1) is 16.7. The van der Waals surface area contributed by atoms with Crippen LogP contribution in [0.1, 0.15) is 35.9 Å². The first-order chi connectivity index (χ1) is 11.6. The van der Waals surface area contributed by atoms with Crippen molar-refractivity contribution in [2.45, 2.75) is 26.7 Å². The average molecular weight is 332 g/mol. The van der Waals surface area contributed by atoms with Crippen molar-refractivity contribution in [1.29, 1.82) is 0 Å². The number of fused-ring (bicyclic) bond motifs is 1. The third kappa shape index (κ3) is 3.08. The first-order valence-corrected chi connectivity index (χ1v) is 8.45. The van der Waals surface area contributed by atoms with Gasteiger partial charge in [0.15, 0.2) is 0 Å². The molecule has 1 aliphatic rings. The molecule has 0 atom stereocenters. The van der Waals surface area contributed by atoms with Crippen LogP contribution in [-0.4, -0.2) is 60.7 Å². The number of hydrogen-bond acceptors (Lipinski definition) is 6. The van der Waals surface area contributed by atoms with Crippen LogP contribution in [0.3, 0.4) is 0 Å². The molecule has 2 aromatic heterocycles. The van der Waals surface area contributed by atoms with Crippen LogP contribution in [0.25, 0.3) is 11.1 Å². The number of hydrogen-bond donors (Lipinski definition) is 0. The summed E-state index contributed by atoms with van der Waals surface area (Å²) in [7, 11) is 1.83. The van der Waals surface area contributed by atoms with Crippen LogP contribution < -0.4 is 4.90 Å². The third-order valence-electron chi connectivity index (χ3n) is 4.36. The lowest BCUT2D eigenvalue weighted by Gasteiger charge is -2.28. The van der Waals surface area contributed by atoms with Gasteiger partial charge in [-0.2, -0.15) is 0 Å². The van der Waals surface area contributed by atoms with E-state index < -0.39 is 0 Å². The zero-order valence-electron chi connectivity index (χ0n) is 14.5. The standard InChI is InChI=1S/C17H24N4O3/c1-4-5-6-20(3)17(22)13-12(2)24-16-14(13)15(18-11-19-16)21-7-9-23-10-8-21/h11H,4-10H2,1-3H3. The van der Waals surface area contributed by atoms with Crippen LogP contribution in [-0.2, 0) is 4.74 Å². The number of anilines is 1. The molecule has 0 N–H and O–H groups in total. The monoisotopic (exact) mass is 332 g/mol. The highest BCUT2D eigenvalue weighted by Gasteiger charge is 2.27. The Hall–Kier alpha value is -2.15. The summed E-state index contributed by atoms with van der Waals surface area (Å²) < 4.78 is 11.2. The summed E-state index contributed by atoms with van der Waals surface area (Å²) in [6.45, 7) is 7.45. The number of aromatic nitrogens is 2. The number of amides is 1. The molecule has 2 aromatic rings. The molecular formula is C17H24N4O3. The second-order valence-corrected chi connectivity index (χ2v) is 6.09. The predicted molar refractivity (Wildman–Crippen MR) is 91.4 cm³/mol. The van der Waals surface area contributed by atoms with Gasteiger partial charge in [-0.1, -0.05) is 13.3 Å². The number of furan rings is 1. The highest BCUT2D eigenvalue weighted by Crippen LogP contribution is 2.32. The van der Waals surface area contributed by atoms with E-state index in [4.69, 9.17) is 9.15 Å². The van der Waals surface area contributed by atoms with Gasteiger partial charge in [-0.15, -0.1) is 0 Å². The van der Waals surface area contributed by atoms with Crippen molar-refractivity contribution in [1.82, 2.24) is 14.9 Å². The molecule has 0 spiro atoms. The molecule has 0 bridgehead atoms. The Balaban J connectivity index is 2.03. The molecule has 0 radical (unpaired) electrons. The summed E-state index contributed by atoms with van der Waals surface area (Å²) in [6.07, 6.45) is 3.51. The van der Waals surface area contributed by atoms with E-state index in [-0.39, 0.29) is 5.91 Å². The lowest BCUT2D eigenvalue weighted by molar-refractivity contribution is 0.0793. The number of unbranched alkanes of at least 4 members (excludes halogenated alkanes) is 1. The van der Waals surface area contributed by atoms with Crippen molar-refractivity contribution < 1.29 is 13.9 Å². The molecule has 3 rings (SSSR count). The van der Waals surface area contributed by atoms with E-state index in [1.165, 1.54) is 6.33 Å². The Morgan fingerprint density at radius 2 is 2.08 bits per heavy atom. The van der Waals surface area contributed by atoms with E-state index >= 15 is 0 Å². The van der Waals surface area contributed by atoms with Gasteiger partial charge in [0.2, 0.25) is 5.71 Å².